The molecule has 0 saturated heterocycles. The second kappa shape index (κ2) is 6.61. The fourth-order valence-corrected chi connectivity index (χ4v) is 2.11. The van der Waals surface area contributed by atoms with E-state index in [4.69, 9.17) is 4.74 Å². The molecule has 1 amide bonds. The lowest BCUT2D eigenvalue weighted by molar-refractivity contribution is 0.0322. The maximum atomic E-state index is 11.9. The van der Waals surface area contributed by atoms with Gasteiger partial charge < -0.3 is 4.74 Å². The first kappa shape index (κ1) is 15.4. The van der Waals surface area contributed by atoms with Crippen molar-refractivity contribution < 1.29 is 9.53 Å². The van der Waals surface area contributed by atoms with E-state index in [9.17, 15) is 4.79 Å². The lowest BCUT2D eigenvalue weighted by Crippen LogP contribution is -2.36. The van der Waals surface area contributed by atoms with Gasteiger partial charge in [0.1, 0.15) is 5.60 Å². The smallest absolute Gasteiger partial charge is 0.414 e. The highest BCUT2D eigenvalue weighted by atomic mass is 16.6. The Hall–Kier alpha value is -2.03. The molecule has 1 aromatic rings. The first-order valence-corrected chi connectivity index (χ1v) is 7.35. The maximum absolute atomic E-state index is 11.9. The summed E-state index contributed by atoms with van der Waals surface area (Å²) >= 11 is 0. The van der Waals surface area contributed by atoms with Crippen molar-refractivity contribution in [2.45, 2.75) is 32.8 Å². The Bertz CT molecular complexity index is 526. The van der Waals surface area contributed by atoms with Crippen LogP contribution >= 0.6 is 0 Å². The minimum Gasteiger partial charge on any atom is -0.443 e. The molecule has 0 aromatic heterocycles. The molecule has 0 radical (unpaired) electrons. The van der Waals surface area contributed by atoms with Gasteiger partial charge >= 0.3 is 6.09 Å². The fraction of sp³-hybridized carbons (Fsp3) is 0.389. The summed E-state index contributed by atoms with van der Waals surface area (Å²) in [5.41, 5.74) is 0.745. The molecule has 1 atom stereocenters. The molecule has 0 spiro atoms. The van der Waals surface area contributed by atoms with E-state index in [0.717, 1.165) is 6.42 Å². The molecule has 1 aliphatic rings. The SMILES string of the molecule is CC(C)(C)OC(=O)N1C=C[C@@H](/C=C/c2ccccc2)CC1. The summed E-state index contributed by atoms with van der Waals surface area (Å²) in [7, 11) is 0. The van der Waals surface area contributed by atoms with Gasteiger partial charge in [0.25, 0.3) is 0 Å². The van der Waals surface area contributed by atoms with Crippen LogP contribution in [0.15, 0.2) is 48.7 Å². The number of benzene rings is 1. The standard InChI is InChI=1S/C18H23NO2/c1-18(2,3)21-17(20)19-13-11-16(12-14-19)10-9-15-7-5-4-6-8-15/h4-11,13,16H,12,14H2,1-3H3/b10-9+/t16-/m1/s1. The van der Waals surface area contributed by atoms with Crippen molar-refractivity contribution >= 4 is 12.2 Å². The zero-order chi connectivity index (χ0) is 15.3. The van der Waals surface area contributed by atoms with Crippen LogP contribution in [0.2, 0.25) is 0 Å². The number of rotatable bonds is 2. The Morgan fingerprint density at radius 3 is 2.57 bits per heavy atom. The van der Waals surface area contributed by atoms with Gasteiger partial charge in [-0.1, -0.05) is 48.6 Å². The maximum Gasteiger partial charge on any atom is 0.414 e. The van der Waals surface area contributed by atoms with Gasteiger partial charge in [-0.2, -0.15) is 0 Å². The Morgan fingerprint density at radius 2 is 2.00 bits per heavy atom. The average Bonchev–Trinajstić information content (AvgIpc) is 2.45. The lowest BCUT2D eigenvalue weighted by atomic mass is 10.0. The molecule has 1 heterocycles. The van der Waals surface area contributed by atoms with E-state index in [1.165, 1.54) is 5.56 Å². The Labute approximate surface area is 126 Å². The molecule has 0 aliphatic carbocycles. The van der Waals surface area contributed by atoms with Crippen LogP contribution in [0.3, 0.4) is 0 Å². The van der Waals surface area contributed by atoms with Gasteiger partial charge in [-0.25, -0.2) is 4.79 Å². The van der Waals surface area contributed by atoms with E-state index >= 15 is 0 Å². The normalized spacial score (nSPS) is 19.0. The highest BCUT2D eigenvalue weighted by Gasteiger charge is 2.22. The highest BCUT2D eigenvalue weighted by Crippen LogP contribution is 2.19. The number of allylic oxidation sites excluding steroid dienone is 2. The number of carbonyl (C=O) groups excluding carboxylic acids is 1. The van der Waals surface area contributed by atoms with Crippen molar-refractivity contribution in [3.63, 3.8) is 0 Å². The second-order valence-corrected chi connectivity index (χ2v) is 6.24. The Kier molecular flexibility index (Phi) is 4.84. The molecule has 112 valence electrons. The van der Waals surface area contributed by atoms with Gasteiger partial charge in [-0.3, -0.25) is 4.90 Å². The molecule has 1 aromatic carbocycles. The fourth-order valence-electron chi connectivity index (χ4n) is 2.11. The topological polar surface area (TPSA) is 29.5 Å². The van der Waals surface area contributed by atoms with E-state index in [0.29, 0.717) is 12.5 Å². The number of amides is 1. The van der Waals surface area contributed by atoms with Crippen LogP contribution < -0.4 is 0 Å². The van der Waals surface area contributed by atoms with Crippen molar-refractivity contribution in [1.29, 1.82) is 0 Å². The minimum absolute atomic E-state index is 0.274. The second-order valence-electron chi connectivity index (χ2n) is 6.24. The van der Waals surface area contributed by atoms with Crippen molar-refractivity contribution in [2.24, 2.45) is 5.92 Å². The molecule has 2 rings (SSSR count). The zero-order valence-corrected chi connectivity index (χ0v) is 13.0. The third-order valence-corrected chi connectivity index (χ3v) is 3.18. The number of nitrogens with zero attached hydrogens (tertiary/aromatic N) is 1. The van der Waals surface area contributed by atoms with Gasteiger partial charge in [0.2, 0.25) is 0 Å². The highest BCUT2D eigenvalue weighted by molar-refractivity contribution is 5.69. The molecular formula is C18H23NO2. The van der Waals surface area contributed by atoms with Crippen LogP contribution in [0, 0.1) is 5.92 Å². The van der Waals surface area contributed by atoms with Crippen molar-refractivity contribution in [3.8, 4) is 0 Å². The molecule has 0 bridgehead atoms. The van der Waals surface area contributed by atoms with E-state index in [2.05, 4.69) is 24.3 Å². The van der Waals surface area contributed by atoms with Crippen LogP contribution in [0.1, 0.15) is 32.8 Å². The van der Waals surface area contributed by atoms with Crippen LogP contribution in [0.25, 0.3) is 6.08 Å². The molecule has 0 fully saturated rings. The Morgan fingerprint density at radius 1 is 1.29 bits per heavy atom. The third kappa shape index (κ3) is 5.10. The van der Waals surface area contributed by atoms with Gasteiger partial charge in [-0.15, -0.1) is 0 Å². The first-order valence-electron chi connectivity index (χ1n) is 7.35. The number of hydrogen-bond donors (Lipinski definition) is 0. The molecular weight excluding hydrogens is 262 g/mol. The van der Waals surface area contributed by atoms with Crippen molar-refractivity contribution in [2.75, 3.05) is 6.54 Å². The van der Waals surface area contributed by atoms with E-state index in [-0.39, 0.29) is 6.09 Å². The summed E-state index contributed by atoms with van der Waals surface area (Å²) in [6.07, 6.45) is 8.82. The van der Waals surface area contributed by atoms with Crippen LogP contribution in [-0.2, 0) is 4.74 Å². The Balaban J connectivity index is 1.90. The quantitative estimate of drug-likeness (QED) is 0.802. The van der Waals surface area contributed by atoms with E-state index in [1.54, 1.807) is 4.90 Å². The molecule has 0 saturated carbocycles. The van der Waals surface area contributed by atoms with Crippen LogP contribution in [-0.4, -0.2) is 23.1 Å². The number of carbonyl (C=O) groups is 1. The third-order valence-electron chi connectivity index (χ3n) is 3.18. The molecule has 3 heteroatoms. The summed E-state index contributed by atoms with van der Waals surface area (Å²) in [6, 6.07) is 10.2. The molecule has 0 unspecified atom stereocenters. The lowest BCUT2D eigenvalue weighted by Gasteiger charge is -2.28. The summed E-state index contributed by atoms with van der Waals surface area (Å²) in [5, 5.41) is 0. The number of hydrogen-bond acceptors (Lipinski definition) is 2. The molecule has 3 nitrogen and oxygen atoms in total. The average molecular weight is 285 g/mol. The van der Waals surface area contributed by atoms with Gasteiger partial charge in [0.15, 0.2) is 0 Å². The molecule has 1 aliphatic heterocycles. The molecule has 21 heavy (non-hydrogen) atoms. The summed E-state index contributed by atoms with van der Waals surface area (Å²) in [4.78, 5) is 13.6. The van der Waals surface area contributed by atoms with E-state index in [1.807, 2.05) is 51.2 Å². The van der Waals surface area contributed by atoms with Gasteiger partial charge in [0, 0.05) is 12.7 Å². The van der Waals surface area contributed by atoms with E-state index < -0.39 is 5.60 Å². The number of ether oxygens (including phenoxy) is 1. The van der Waals surface area contributed by atoms with Gasteiger partial charge in [0.05, 0.1) is 0 Å². The van der Waals surface area contributed by atoms with Gasteiger partial charge in [-0.05, 0) is 38.7 Å². The largest absolute Gasteiger partial charge is 0.443 e. The predicted molar refractivity (Wildman–Crippen MR) is 85.7 cm³/mol. The van der Waals surface area contributed by atoms with Crippen molar-refractivity contribution in [3.05, 3.63) is 54.2 Å². The van der Waals surface area contributed by atoms with Crippen LogP contribution in [0.4, 0.5) is 4.79 Å². The van der Waals surface area contributed by atoms with Crippen LogP contribution in [0.5, 0.6) is 0 Å². The first-order chi connectivity index (χ1) is 9.94. The summed E-state index contributed by atoms with van der Waals surface area (Å²) in [6.45, 7) is 6.33. The summed E-state index contributed by atoms with van der Waals surface area (Å²) < 4.78 is 5.36. The zero-order valence-electron chi connectivity index (χ0n) is 13.0. The minimum atomic E-state index is -0.449. The predicted octanol–water partition coefficient (Wildman–Crippen LogP) is 4.47. The summed E-state index contributed by atoms with van der Waals surface area (Å²) in [5.74, 6) is 0.365. The monoisotopic (exact) mass is 285 g/mol. The van der Waals surface area contributed by atoms with Crippen molar-refractivity contribution in [1.82, 2.24) is 4.90 Å². The molecule has 0 N–H and O–H groups in total.